The Kier molecular flexibility index (Phi) is 6.36. The summed E-state index contributed by atoms with van der Waals surface area (Å²) in [5.41, 5.74) is 2.07. The molecule has 2 aromatic rings. The minimum absolute atomic E-state index is 0.232. The van der Waals surface area contributed by atoms with Crippen LogP contribution in [0.4, 0.5) is 0 Å². The fourth-order valence-electron chi connectivity index (χ4n) is 3.38. The maximum absolute atomic E-state index is 13.0. The third kappa shape index (κ3) is 4.54. The van der Waals surface area contributed by atoms with Crippen LogP contribution in [0.15, 0.2) is 53.4 Å². The summed E-state index contributed by atoms with van der Waals surface area (Å²) in [5.74, 6) is 0.553. The van der Waals surface area contributed by atoms with Crippen LogP contribution in [0.2, 0.25) is 0 Å². The lowest BCUT2D eigenvalue weighted by molar-refractivity contribution is -0.124. The number of amides is 1. The third-order valence-electron chi connectivity index (χ3n) is 5.01. The van der Waals surface area contributed by atoms with Crippen LogP contribution in [0.3, 0.4) is 0 Å². The van der Waals surface area contributed by atoms with Gasteiger partial charge in [0.2, 0.25) is 15.9 Å². The predicted octanol–water partition coefficient (Wildman–Crippen LogP) is 2.52. The summed E-state index contributed by atoms with van der Waals surface area (Å²) in [4.78, 5) is 12.9. The molecule has 1 atom stereocenters. The highest BCUT2D eigenvalue weighted by atomic mass is 32.2. The second kappa shape index (κ2) is 8.75. The molecule has 1 heterocycles. The van der Waals surface area contributed by atoms with Crippen LogP contribution < -0.4 is 10.1 Å². The second-order valence-corrected chi connectivity index (χ2v) is 8.87. The Bertz CT molecular complexity index is 908. The molecular weight excluding hydrogens is 376 g/mol. The topological polar surface area (TPSA) is 75.7 Å². The molecule has 0 aliphatic carbocycles. The number of carbonyl (C=O) groups excluding carboxylic acids is 1. The van der Waals surface area contributed by atoms with Crippen LogP contribution in [0.25, 0.3) is 0 Å². The summed E-state index contributed by atoms with van der Waals surface area (Å²) in [6.07, 6.45) is 1.90. The number of hydrogen-bond donors (Lipinski definition) is 1. The zero-order chi connectivity index (χ0) is 20.1. The van der Waals surface area contributed by atoms with Gasteiger partial charge in [-0.05, 0) is 56.0 Å². The molecule has 0 bridgehead atoms. The number of hydrogen-bond acceptors (Lipinski definition) is 4. The lowest BCUT2D eigenvalue weighted by atomic mass is 10.1. The van der Waals surface area contributed by atoms with Crippen molar-refractivity contribution in [2.75, 3.05) is 20.2 Å². The molecule has 0 unspecified atom stereocenters. The van der Waals surface area contributed by atoms with Crippen molar-refractivity contribution < 1.29 is 17.9 Å². The molecule has 1 saturated heterocycles. The normalized spacial score (nSPS) is 17.4. The number of sulfonamides is 1. The Balaban J connectivity index is 1.61. The smallest absolute Gasteiger partial charge is 0.243 e. The summed E-state index contributed by atoms with van der Waals surface area (Å²) < 4.78 is 32.4. The fraction of sp³-hybridized carbons (Fsp3) is 0.381. The zero-order valence-electron chi connectivity index (χ0n) is 16.2. The van der Waals surface area contributed by atoms with E-state index in [0.717, 1.165) is 16.9 Å². The fourth-order valence-corrected chi connectivity index (χ4v) is 5.03. The summed E-state index contributed by atoms with van der Waals surface area (Å²) in [6.45, 7) is 2.73. The van der Waals surface area contributed by atoms with E-state index in [1.165, 1.54) is 4.31 Å². The summed E-state index contributed by atoms with van der Waals surface area (Å²) in [7, 11) is -2.06. The Labute approximate surface area is 166 Å². The zero-order valence-corrected chi connectivity index (χ0v) is 17.0. The first-order chi connectivity index (χ1) is 13.4. The van der Waals surface area contributed by atoms with E-state index in [-0.39, 0.29) is 10.8 Å². The van der Waals surface area contributed by atoms with E-state index < -0.39 is 16.1 Å². The molecule has 1 amide bonds. The van der Waals surface area contributed by atoms with Gasteiger partial charge >= 0.3 is 0 Å². The van der Waals surface area contributed by atoms with E-state index in [0.29, 0.717) is 32.4 Å². The molecule has 1 aliphatic rings. The molecule has 7 heteroatoms. The second-order valence-electron chi connectivity index (χ2n) is 6.98. The largest absolute Gasteiger partial charge is 0.497 e. The summed E-state index contributed by atoms with van der Waals surface area (Å²) in [5, 5.41) is 2.89. The van der Waals surface area contributed by atoms with E-state index in [9.17, 15) is 13.2 Å². The maximum atomic E-state index is 13.0. The molecule has 150 valence electrons. The molecule has 1 fully saturated rings. The lowest BCUT2D eigenvalue weighted by Crippen LogP contribution is -2.46. The van der Waals surface area contributed by atoms with Crippen molar-refractivity contribution in [1.82, 2.24) is 9.62 Å². The van der Waals surface area contributed by atoms with Gasteiger partial charge in [0.25, 0.3) is 0 Å². The van der Waals surface area contributed by atoms with Crippen LogP contribution in [0.1, 0.15) is 24.0 Å². The van der Waals surface area contributed by atoms with Gasteiger partial charge in [0.05, 0.1) is 12.0 Å². The van der Waals surface area contributed by atoms with Crippen molar-refractivity contribution in [3.05, 3.63) is 59.7 Å². The van der Waals surface area contributed by atoms with Gasteiger partial charge < -0.3 is 10.1 Å². The first-order valence-corrected chi connectivity index (χ1v) is 10.8. The van der Waals surface area contributed by atoms with Gasteiger partial charge in [-0.3, -0.25) is 4.79 Å². The van der Waals surface area contributed by atoms with Gasteiger partial charge in [0.15, 0.2) is 0 Å². The average molecular weight is 403 g/mol. The van der Waals surface area contributed by atoms with Gasteiger partial charge in [-0.1, -0.05) is 29.8 Å². The Morgan fingerprint density at radius 2 is 1.82 bits per heavy atom. The number of benzene rings is 2. The van der Waals surface area contributed by atoms with Gasteiger partial charge in [-0.2, -0.15) is 4.31 Å². The summed E-state index contributed by atoms with van der Waals surface area (Å²) in [6, 6.07) is 13.8. The first kappa shape index (κ1) is 20.4. The molecule has 0 saturated carbocycles. The first-order valence-electron chi connectivity index (χ1n) is 9.41. The summed E-state index contributed by atoms with van der Waals surface area (Å²) >= 11 is 0. The highest BCUT2D eigenvalue weighted by molar-refractivity contribution is 7.89. The highest BCUT2D eigenvalue weighted by Gasteiger charge is 2.39. The molecule has 2 aromatic carbocycles. The monoisotopic (exact) mass is 402 g/mol. The maximum Gasteiger partial charge on any atom is 0.243 e. The van der Waals surface area contributed by atoms with Gasteiger partial charge in [0.1, 0.15) is 11.8 Å². The minimum Gasteiger partial charge on any atom is -0.497 e. The van der Waals surface area contributed by atoms with E-state index in [1.807, 2.05) is 31.2 Å². The third-order valence-corrected chi connectivity index (χ3v) is 6.93. The van der Waals surface area contributed by atoms with Crippen molar-refractivity contribution in [2.45, 2.75) is 37.1 Å². The number of nitrogens with one attached hydrogen (secondary N) is 1. The molecule has 0 radical (unpaired) electrons. The van der Waals surface area contributed by atoms with Gasteiger partial charge in [-0.15, -0.1) is 0 Å². The van der Waals surface area contributed by atoms with Crippen LogP contribution in [0, 0.1) is 6.92 Å². The predicted molar refractivity (Wildman–Crippen MR) is 108 cm³/mol. The Morgan fingerprint density at radius 3 is 2.46 bits per heavy atom. The molecule has 28 heavy (non-hydrogen) atoms. The average Bonchev–Trinajstić information content (AvgIpc) is 3.20. The number of nitrogens with zero attached hydrogens (tertiary/aromatic N) is 1. The van der Waals surface area contributed by atoms with Crippen molar-refractivity contribution in [1.29, 1.82) is 0 Å². The molecule has 0 spiro atoms. The van der Waals surface area contributed by atoms with Gasteiger partial charge in [0, 0.05) is 13.1 Å². The van der Waals surface area contributed by atoms with Gasteiger partial charge in [-0.25, -0.2) is 8.42 Å². The van der Waals surface area contributed by atoms with E-state index in [2.05, 4.69) is 5.32 Å². The van der Waals surface area contributed by atoms with Crippen molar-refractivity contribution in [3.8, 4) is 5.75 Å². The number of aryl methyl sites for hydroxylation is 1. The molecule has 0 aromatic heterocycles. The molecule has 6 nitrogen and oxygen atoms in total. The minimum atomic E-state index is -3.68. The Morgan fingerprint density at radius 1 is 1.14 bits per heavy atom. The lowest BCUT2D eigenvalue weighted by Gasteiger charge is -2.23. The number of ether oxygens (including phenoxy) is 1. The molecule has 3 rings (SSSR count). The quantitative estimate of drug-likeness (QED) is 0.772. The molecule has 1 aliphatic heterocycles. The number of rotatable bonds is 7. The van der Waals surface area contributed by atoms with E-state index in [1.54, 1.807) is 31.4 Å². The number of carbonyl (C=O) groups is 1. The van der Waals surface area contributed by atoms with Crippen LogP contribution in [-0.2, 0) is 21.2 Å². The standard InChI is InChI=1S/C21H26N2O4S/c1-16-5-11-19(12-6-16)28(25,26)23-15-3-4-20(23)21(24)22-14-13-17-7-9-18(27-2)10-8-17/h5-12,20H,3-4,13-15H2,1-2H3,(H,22,24)/t20-/m0/s1. The SMILES string of the molecule is COc1ccc(CCNC(=O)[C@@H]2CCCN2S(=O)(=O)c2ccc(C)cc2)cc1. The molecule has 1 N–H and O–H groups in total. The molecular formula is C21H26N2O4S. The van der Waals surface area contributed by atoms with E-state index in [4.69, 9.17) is 4.74 Å². The Hall–Kier alpha value is -2.38. The van der Waals surface area contributed by atoms with Crippen molar-refractivity contribution in [3.63, 3.8) is 0 Å². The van der Waals surface area contributed by atoms with E-state index >= 15 is 0 Å². The van der Waals surface area contributed by atoms with Crippen LogP contribution in [-0.4, -0.2) is 44.9 Å². The van der Waals surface area contributed by atoms with Crippen LogP contribution >= 0.6 is 0 Å². The van der Waals surface area contributed by atoms with Crippen molar-refractivity contribution >= 4 is 15.9 Å². The number of methoxy groups -OCH3 is 1. The van der Waals surface area contributed by atoms with Crippen LogP contribution in [0.5, 0.6) is 5.75 Å². The highest BCUT2D eigenvalue weighted by Crippen LogP contribution is 2.26. The van der Waals surface area contributed by atoms with Crippen molar-refractivity contribution in [2.24, 2.45) is 0 Å².